The number of benzene rings is 1. The topological polar surface area (TPSA) is 0 Å². The molecule has 0 fully saturated rings. The van der Waals surface area contributed by atoms with Crippen molar-refractivity contribution >= 4 is 0 Å². The highest BCUT2D eigenvalue weighted by Crippen LogP contribution is 2.31. The summed E-state index contributed by atoms with van der Waals surface area (Å²) < 4.78 is 0. The van der Waals surface area contributed by atoms with Crippen molar-refractivity contribution in [1.29, 1.82) is 0 Å². The van der Waals surface area contributed by atoms with Gasteiger partial charge < -0.3 is 0 Å². The smallest absolute Gasteiger partial charge is 0.0290 e. The molecule has 0 amide bonds. The van der Waals surface area contributed by atoms with Gasteiger partial charge in [-0.1, -0.05) is 79.9 Å². The largest absolute Gasteiger partial charge is 0.0984 e. The van der Waals surface area contributed by atoms with Crippen molar-refractivity contribution in [3.05, 3.63) is 96.7 Å². The minimum absolute atomic E-state index is 0.0831. The fourth-order valence-corrected chi connectivity index (χ4v) is 2.14. The Morgan fingerprint density at radius 1 is 0.889 bits per heavy atom. The van der Waals surface area contributed by atoms with Crippen LogP contribution in [0.5, 0.6) is 0 Å². The maximum Gasteiger partial charge on any atom is 0.0290 e. The molecule has 2 rings (SSSR count). The van der Waals surface area contributed by atoms with Crippen LogP contribution < -0.4 is 0 Å². The molecule has 0 aromatic heterocycles. The Balaban J connectivity index is 2.47. The SMILES string of the molecule is C=CC1=C(C=C)C=CC(C)(c2ccccc2)C=C1. The number of hydrogen-bond donors (Lipinski definition) is 0. The first-order chi connectivity index (χ1) is 8.69. The number of rotatable bonds is 3. The third-order valence-electron chi connectivity index (χ3n) is 3.39. The van der Waals surface area contributed by atoms with E-state index in [9.17, 15) is 0 Å². The number of allylic oxidation sites excluding steroid dienone is 8. The molecule has 0 saturated carbocycles. The molecule has 0 N–H and O–H groups in total. The average Bonchev–Trinajstić information content (AvgIpc) is 2.59. The van der Waals surface area contributed by atoms with Crippen LogP contribution in [0, 0.1) is 0 Å². The Hall–Kier alpha value is -2.08. The summed E-state index contributed by atoms with van der Waals surface area (Å²) in [6.45, 7) is 9.92. The third kappa shape index (κ3) is 2.28. The molecule has 0 spiro atoms. The lowest BCUT2D eigenvalue weighted by Gasteiger charge is -2.22. The maximum atomic E-state index is 3.85. The first-order valence-electron chi connectivity index (χ1n) is 6.13. The fraction of sp³-hybridized carbons (Fsp3) is 0.111. The van der Waals surface area contributed by atoms with Crippen molar-refractivity contribution in [2.24, 2.45) is 0 Å². The Kier molecular flexibility index (Phi) is 3.47. The van der Waals surface area contributed by atoms with Gasteiger partial charge in [0.25, 0.3) is 0 Å². The second-order valence-electron chi connectivity index (χ2n) is 4.63. The summed E-state index contributed by atoms with van der Waals surface area (Å²) in [7, 11) is 0. The van der Waals surface area contributed by atoms with Gasteiger partial charge in [0, 0.05) is 5.41 Å². The molecule has 1 aromatic carbocycles. The van der Waals surface area contributed by atoms with Crippen molar-refractivity contribution in [3.63, 3.8) is 0 Å². The quantitative estimate of drug-likeness (QED) is 0.708. The second kappa shape index (κ2) is 5.05. The molecule has 0 aliphatic heterocycles. The molecule has 1 aromatic rings. The summed E-state index contributed by atoms with van der Waals surface area (Å²) in [4.78, 5) is 0. The minimum Gasteiger partial charge on any atom is -0.0984 e. The molecule has 0 unspecified atom stereocenters. The molecule has 0 heteroatoms. The Labute approximate surface area is 109 Å². The number of hydrogen-bond acceptors (Lipinski definition) is 0. The van der Waals surface area contributed by atoms with Crippen molar-refractivity contribution < 1.29 is 0 Å². The van der Waals surface area contributed by atoms with Crippen molar-refractivity contribution in [3.8, 4) is 0 Å². The van der Waals surface area contributed by atoms with E-state index in [1.165, 1.54) is 5.56 Å². The van der Waals surface area contributed by atoms with Gasteiger partial charge >= 0.3 is 0 Å². The molecular formula is C18H18. The van der Waals surface area contributed by atoms with E-state index in [-0.39, 0.29) is 5.41 Å². The van der Waals surface area contributed by atoms with Gasteiger partial charge in [-0.3, -0.25) is 0 Å². The van der Waals surface area contributed by atoms with Crippen LogP contribution in [-0.2, 0) is 5.41 Å². The van der Waals surface area contributed by atoms with Crippen molar-refractivity contribution in [2.45, 2.75) is 12.3 Å². The van der Waals surface area contributed by atoms with Gasteiger partial charge in [-0.15, -0.1) is 0 Å². The minimum atomic E-state index is -0.0831. The van der Waals surface area contributed by atoms with E-state index in [0.29, 0.717) is 0 Å². The van der Waals surface area contributed by atoms with E-state index in [1.54, 1.807) is 0 Å². The zero-order chi connectivity index (χ0) is 13.0. The summed E-state index contributed by atoms with van der Waals surface area (Å²) in [5.74, 6) is 0. The van der Waals surface area contributed by atoms with Gasteiger partial charge in [0.05, 0.1) is 0 Å². The predicted octanol–water partition coefficient (Wildman–Crippen LogP) is 4.74. The molecule has 0 saturated heterocycles. The summed E-state index contributed by atoms with van der Waals surface area (Å²) in [5, 5.41) is 0. The summed E-state index contributed by atoms with van der Waals surface area (Å²) in [6, 6.07) is 10.5. The lowest BCUT2D eigenvalue weighted by Crippen LogP contribution is -2.14. The molecule has 1 aliphatic rings. The van der Waals surface area contributed by atoms with Crippen LogP contribution in [0.3, 0.4) is 0 Å². The van der Waals surface area contributed by atoms with Crippen LogP contribution in [0.25, 0.3) is 0 Å². The molecule has 18 heavy (non-hydrogen) atoms. The third-order valence-corrected chi connectivity index (χ3v) is 3.39. The van der Waals surface area contributed by atoms with Crippen LogP contribution in [-0.4, -0.2) is 0 Å². The van der Waals surface area contributed by atoms with Gasteiger partial charge in [-0.25, -0.2) is 0 Å². The second-order valence-corrected chi connectivity index (χ2v) is 4.63. The van der Waals surface area contributed by atoms with Gasteiger partial charge in [0.1, 0.15) is 0 Å². The first-order valence-corrected chi connectivity index (χ1v) is 6.13. The monoisotopic (exact) mass is 234 g/mol. The molecular weight excluding hydrogens is 216 g/mol. The highest BCUT2D eigenvalue weighted by Gasteiger charge is 2.21. The van der Waals surface area contributed by atoms with Gasteiger partial charge in [0.15, 0.2) is 0 Å². The van der Waals surface area contributed by atoms with E-state index in [2.05, 4.69) is 68.7 Å². The molecule has 0 atom stereocenters. The lowest BCUT2D eigenvalue weighted by atomic mass is 9.82. The van der Waals surface area contributed by atoms with E-state index in [0.717, 1.165) is 11.1 Å². The summed E-state index contributed by atoms with van der Waals surface area (Å²) >= 11 is 0. The molecule has 0 nitrogen and oxygen atoms in total. The lowest BCUT2D eigenvalue weighted by molar-refractivity contribution is 0.758. The van der Waals surface area contributed by atoms with E-state index in [4.69, 9.17) is 0 Å². The fourth-order valence-electron chi connectivity index (χ4n) is 2.14. The molecule has 1 aliphatic carbocycles. The summed E-state index contributed by atoms with van der Waals surface area (Å²) in [6.07, 6.45) is 12.4. The van der Waals surface area contributed by atoms with Gasteiger partial charge in [-0.2, -0.15) is 0 Å². The normalized spacial score (nSPS) is 17.4. The van der Waals surface area contributed by atoms with Crippen LogP contribution in [0.1, 0.15) is 12.5 Å². The van der Waals surface area contributed by atoms with E-state index in [1.807, 2.05) is 18.2 Å². The molecule has 0 bridgehead atoms. The average molecular weight is 234 g/mol. The first kappa shape index (κ1) is 12.4. The zero-order valence-electron chi connectivity index (χ0n) is 10.8. The molecule has 0 radical (unpaired) electrons. The zero-order valence-corrected chi connectivity index (χ0v) is 10.8. The van der Waals surface area contributed by atoms with Gasteiger partial charge in [-0.05, 0) is 23.6 Å². The Bertz CT molecular complexity index is 511. The standard InChI is InChI=1S/C18H18/c1-4-15-11-13-18(3,14-12-16(15)5-2)17-9-7-6-8-10-17/h4-14H,1-2H2,3H3. The van der Waals surface area contributed by atoms with Gasteiger partial charge in [0.2, 0.25) is 0 Å². The Morgan fingerprint density at radius 3 is 1.83 bits per heavy atom. The van der Waals surface area contributed by atoms with E-state index < -0.39 is 0 Å². The van der Waals surface area contributed by atoms with E-state index >= 15 is 0 Å². The van der Waals surface area contributed by atoms with Crippen LogP contribution in [0.15, 0.2) is 91.1 Å². The Morgan fingerprint density at radius 2 is 1.39 bits per heavy atom. The van der Waals surface area contributed by atoms with Crippen LogP contribution in [0.2, 0.25) is 0 Å². The molecule has 90 valence electrons. The maximum absolute atomic E-state index is 3.85. The van der Waals surface area contributed by atoms with Crippen molar-refractivity contribution in [1.82, 2.24) is 0 Å². The highest BCUT2D eigenvalue weighted by atomic mass is 14.2. The highest BCUT2D eigenvalue weighted by molar-refractivity contribution is 5.51. The van der Waals surface area contributed by atoms with Crippen LogP contribution >= 0.6 is 0 Å². The van der Waals surface area contributed by atoms with Crippen LogP contribution in [0.4, 0.5) is 0 Å². The van der Waals surface area contributed by atoms with Crippen molar-refractivity contribution in [2.75, 3.05) is 0 Å². The molecule has 0 heterocycles. The summed E-state index contributed by atoms with van der Waals surface area (Å²) in [5.41, 5.74) is 3.42. The predicted molar refractivity (Wildman–Crippen MR) is 79.5 cm³/mol.